The molecule has 1 aromatic carbocycles. The third-order valence-electron chi connectivity index (χ3n) is 5.88. The number of hydrogen-bond acceptors (Lipinski definition) is 6. The number of benzene rings is 1. The number of thiocarbonyl (C=S) groups is 1. The Kier molecular flexibility index (Phi) is 6.03. The molecule has 2 amide bonds. The van der Waals surface area contributed by atoms with E-state index in [4.69, 9.17) is 22.9 Å². The number of amides is 2. The minimum Gasteiger partial charge on any atom is -0.369 e. The lowest BCUT2D eigenvalue weighted by atomic mass is 9.96. The number of carbonyl (C=O) groups excluding carboxylic acids is 2. The predicted octanol–water partition coefficient (Wildman–Crippen LogP) is 3.85. The lowest BCUT2D eigenvalue weighted by Gasteiger charge is -2.32. The number of aromatic nitrogens is 1. The molecule has 0 spiro atoms. The normalized spacial score (nSPS) is 19.3. The summed E-state index contributed by atoms with van der Waals surface area (Å²) in [4.78, 5) is 34.0. The van der Waals surface area contributed by atoms with Gasteiger partial charge in [-0.25, -0.2) is 4.98 Å². The van der Waals surface area contributed by atoms with Gasteiger partial charge < -0.3 is 10.6 Å². The van der Waals surface area contributed by atoms with Crippen molar-refractivity contribution >= 4 is 62.9 Å². The van der Waals surface area contributed by atoms with Gasteiger partial charge in [0.15, 0.2) is 0 Å². The van der Waals surface area contributed by atoms with E-state index in [-0.39, 0.29) is 23.8 Å². The van der Waals surface area contributed by atoms with Crippen LogP contribution in [0.2, 0.25) is 0 Å². The third-order valence-corrected chi connectivity index (χ3v) is 7.21. The van der Waals surface area contributed by atoms with Crippen molar-refractivity contribution in [1.29, 1.82) is 0 Å². The molecular formula is C23H26N4O2S2. The maximum absolute atomic E-state index is 12.9. The van der Waals surface area contributed by atoms with Crippen LogP contribution in [0.4, 0.5) is 5.82 Å². The zero-order chi connectivity index (χ0) is 22.3. The minimum absolute atomic E-state index is 0.0167. The van der Waals surface area contributed by atoms with Crippen LogP contribution in [-0.4, -0.2) is 45.2 Å². The number of pyridine rings is 1. The largest absolute Gasteiger partial charge is 0.369 e. The molecule has 2 aliphatic rings. The fourth-order valence-electron chi connectivity index (χ4n) is 4.15. The summed E-state index contributed by atoms with van der Waals surface area (Å²) in [6.07, 6.45) is 3.32. The zero-order valence-corrected chi connectivity index (χ0v) is 19.6. The molecule has 0 saturated carbocycles. The number of para-hydroxylation sites is 1. The van der Waals surface area contributed by atoms with Crippen molar-refractivity contribution < 1.29 is 9.59 Å². The molecule has 0 radical (unpaired) electrons. The number of rotatable bonds is 4. The molecule has 2 aromatic rings. The maximum atomic E-state index is 12.9. The van der Waals surface area contributed by atoms with Crippen LogP contribution in [0.15, 0.2) is 29.2 Å². The maximum Gasteiger partial charge on any atom is 0.266 e. The van der Waals surface area contributed by atoms with Gasteiger partial charge in [0, 0.05) is 36.0 Å². The molecule has 2 saturated heterocycles. The number of nitrogens with two attached hydrogens (primary N) is 1. The second-order valence-electron chi connectivity index (χ2n) is 8.36. The van der Waals surface area contributed by atoms with Crippen LogP contribution in [0.25, 0.3) is 17.0 Å². The SMILES string of the molecule is Cc1cccc2cc(/C=C3\SC(=S)N(C(C)C)C3=O)c(N3CCC(C(N)=O)CC3)nc12. The number of fused-ring (bicyclic) bond motifs is 1. The molecule has 162 valence electrons. The van der Waals surface area contributed by atoms with Gasteiger partial charge in [0.05, 0.1) is 10.4 Å². The Balaban J connectivity index is 1.77. The Labute approximate surface area is 191 Å². The summed E-state index contributed by atoms with van der Waals surface area (Å²) >= 11 is 6.77. The number of nitrogens with zero attached hydrogens (tertiary/aromatic N) is 3. The molecule has 2 N–H and O–H groups in total. The van der Waals surface area contributed by atoms with Gasteiger partial charge in [-0.05, 0) is 51.3 Å². The Morgan fingerprint density at radius 2 is 2.03 bits per heavy atom. The molecule has 0 unspecified atom stereocenters. The fourth-order valence-corrected chi connectivity index (χ4v) is 5.67. The quantitative estimate of drug-likeness (QED) is 0.558. The second kappa shape index (κ2) is 8.59. The number of piperidine rings is 1. The minimum atomic E-state index is -0.237. The molecule has 8 heteroatoms. The number of thioether (sulfide) groups is 1. The van der Waals surface area contributed by atoms with Crippen LogP contribution in [0, 0.1) is 12.8 Å². The van der Waals surface area contributed by atoms with Crippen LogP contribution in [0.1, 0.15) is 37.8 Å². The van der Waals surface area contributed by atoms with Gasteiger partial charge in [-0.2, -0.15) is 0 Å². The third kappa shape index (κ3) is 4.19. The highest BCUT2D eigenvalue weighted by Crippen LogP contribution is 2.37. The van der Waals surface area contributed by atoms with E-state index < -0.39 is 0 Å². The van der Waals surface area contributed by atoms with Crippen LogP contribution in [-0.2, 0) is 9.59 Å². The topological polar surface area (TPSA) is 79.5 Å². The highest BCUT2D eigenvalue weighted by atomic mass is 32.2. The summed E-state index contributed by atoms with van der Waals surface area (Å²) in [7, 11) is 0. The van der Waals surface area contributed by atoms with Gasteiger partial charge in [-0.1, -0.05) is 42.2 Å². The molecule has 2 aliphatic heterocycles. The van der Waals surface area contributed by atoms with Crippen LogP contribution >= 0.6 is 24.0 Å². The van der Waals surface area contributed by atoms with Crippen molar-refractivity contribution in [2.75, 3.05) is 18.0 Å². The molecule has 4 rings (SSSR count). The van der Waals surface area contributed by atoms with Crippen LogP contribution < -0.4 is 10.6 Å². The number of aryl methyl sites for hydroxylation is 1. The highest BCUT2D eigenvalue weighted by Gasteiger charge is 2.34. The van der Waals surface area contributed by atoms with E-state index in [0.29, 0.717) is 35.2 Å². The lowest BCUT2D eigenvalue weighted by Crippen LogP contribution is -2.39. The van der Waals surface area contributed by atoms with Gasteiger partial charge in [0.25, 0.3) is 5.91 Å². The summed E-state index contributed by atoms with van der Waals surface area (Å²) in [6, 6.07) is 8.20. The van der Waals surface area contributed by atoms with Gasteiger partial charge in [0.1, 0.15) is 10.1 Å². The van der Waals surface area contributed by atoms with Crippen molar-refractivity contribution in [3.63, 3.8) is 0 Å². The van der Waals surface area contributed by atoms with Gasteiger partial charge in [0.2, 0.25) is 5.91 Å². The molecule has 31 heavy (non-hydrogen) atoms. The molecule has 1 aromatic heterocycles. The van der Waals surface area contributed by atoms with Gasteiger partial charge in [-0.15, -0.1) is 0 Å². The monoisotopic (exact) mass is 454 g/mol. The summed E-state index contributed by atoms with van der Waals surface area (Å²) in [5.74, 6) is 0.441. The Hall–Kier alpha value is -2.45. The highest BCUT2D eigenvalue weighted by molar-refractivity contribution is 8.26. The second-order valence-corrected chi connectivity index (χ2v) is 10.0. The van der Waals surface area contributed by atoms with E-state index in [1.807, 2.05) is 45.0 Å². The van der Waals surface area contributed by atoms with Crippen molar-refractivity contribution in [3.8, 4) is 0 Å². The molecule has 6 nitrogen and oxygen atoms in total. The Morgan fingerprint density at radius 3 is 2.65 bits per heavy atom. The van der Waals surface area contributed by atoms with Crippen molar-refractivity contribution in [2.45, 2.75) is 39.7 Å². The van der Waals surface area contributed by atoms with Crippen molar-refractivity contribution in [2.24, 2.45) is 11.7 Å². The molecule has 0 aliphatic carbocycles. The summed E-state index contributed by atoms with van der Waals surface area (Å²) in [6.45, 7) is 7.37. The standard InChI is InChI=1S/C23H26N4O2S2/c1-13(2)27-22(29)18(31-23(27)30)12-17-11-16-6-4-5-14(3)19(16)25-21(17)26-9-7-15(8-10-26)20(24)28/h4-6,11-13,15H,7-10H2,1-3H3,(H2,24,28)/b18-12-. The first-order valence-electron chi connectivity index (χ1n) is 10.5. The van der Waals surface area contributed by atoms with E-state index >= 15 is 0 Å². The zero-order valence-electron chi connectivity index (χ0n) is 17.9. The average molecular weight is 455 g/mol. The van der Waals surface area contributed by atoms with E-state index in [0.717, 1.165) is 27.8 Å². The van der Waals surface area contributed by atoms with E-state index in [1.165, 1.54) is 11.8 Å². The van der Waals surface area contributed by atoms with Gasteiger partial charge >= 0.3 is 0 Å². The Morgan fingerprint density at radius 1 is 1.32 bits per heavy atom. The first kappa shape index (κ1) is 21.8. The molecule has 0 bridgehead atoms. The van der Waals surface area contributed by atoms with E-state index in [9.17, 15) is 9.59 Å². The Bertz CT molecular complexity index is 1100. The van der Waals surface area contributed by atoms with Crippen molar-refractivity contribution in [3.05, 3.63) is 40.3 Å². The number of primary amides is 1. The molecule has 0 atom stereocenters. The number of carbonyl (C=O) groups is 2. The molecule has 3 heterocycles. The van der Waals surface area contributed by atoms with E-state index in [1.54, 1.807) is 4.90 Å². The molecule has 2 fully saturated rings. The van der Waals surface area contributed by atoms with Gasteiger partial charge in [-0.3, -0.25) is 14.5 Å². The van der Waals surface area contributed by atoms with Crippen molar-refractivity contribution in [1.82, 2.24) is 9.88 Å². The molecular weight excluding hydrogens is 428 g/mol. The number of hydrogen-bond donors (Lipinski definition) is 1. The first-order chi connectivity index (χ1) is 14.8. The van der Waals surface area contributed by atoms with Crippen LogP contribution in [0.5, 0.6) is 0 Å². The predicted molar refractivity (Wildman–Crippen MR) is 131 cm³/mol. The summed E-state index contributed by atoms with van der Waals surface area (Å²) in [5, 5.41) is 1.03. The summed E-state index contributed by atoms with van der Waals surface area (Å²) in [5.41, 5.74) is 8.45. The average Bonchev–Trinajstić information content (AvgIpc) is 3.01. The smallest absolute Gasteiger partial charge is 0.266 e. The first-order valence-corrected chi connectivity index (χ1v) is 11.7. The summed E-state index contributed by atoms with van der Waals surface area (Å²) < 4.78 is 0.583. The van der Waals surface area contributed by atoms with Crippen LogP contribution in [0.3, 0.4) is 0 Å². The van der Waals surface area contributed by atoms with E-state index in [2.05, 4.69) is 11.0 Å². The lowest BCUT2D eigenvalue weighted by molar-refractivity contribution is -0.123. The fraction of sp³-hybridized carbons (Fsp3) is 0.391. The number of anilines is 1.